The van der Waals surface area contributed by atoms with Crippen molar-refractivity contribution in [1.29, 1.82) is 0 Å². The topological polar surface area (TPSA) is 64.6 Å². The lowest BCUT2D eigenvalue weighted by Crippen LogP contribution is -2.33. The molecular formula is C18H18Cl3NO4. The lowest BCUT2D eigenvalue weighted by atomic mass is 9.80. The van der Waals surface area contributed by atoms with Crippen molar-refractivity contribution in [1.82, 2.24) is 5.32 Å². The molecule has 0 aromatic heterocycles. The average Bonchev–Trinajstić information content (AvgIpc) is 2.60. The highest BCUT2D eigenvalue weighted by molar-refractivity contribution is 6.35. The summed E-state index contributed by atoms with van der Waals surface area (Å²) in [6.45, 7) is 3.58. The van der Waals surface area contributed by atoms with E-state index in [-0.39, 0.29) is 23.6 Å². The van der Waals surface area contributed by atoms with Gasteiger partial charge in [0.1, 0.15) is 0 Å². The molecule has 1 aromatic carbocycles. The Morgan fingerprint density at radius 2 is 1.88 bits per heavy atom. The molecule has 1 atom stereocenters. The van der Waals surface area contributed by atoms with Crippen LogP contribution in [0.4, 0.5) is 0 Å². The summed E-state index contributed by atoms with van der Waals surface area (Å²) in [4.78, 5) is 25.1. The SMILES string of the molecule is CCOC(=O)C1=C(CCl)NC(C)=C(C(=O)OC)C1c1ccc(Cl)cc1Cl. The van der Waals surface area contributed by atoms with E-state index in [1.807, 2.05) is 0 Å². The summed E-state index contributed by atoms with van der Waals surface area (Å²) in [5.74, 6) is -1.93. The molecule has 1 heterocycles. The summed E-state index contributed by atoms with van der Waals surface area (Å²) in [6, 6.07) is 4.86. The van der Waals surface area contributed by atoms with Crippen LogP contribution >= 0.6 is 34.8 Å². The number of methoxy groups -OCH3 is 1. The number of hydrogen-bond donors (Lipinski definition) is 1. The number of dihydropyridines is 1. The first-order valence-electron chi connectivity index (χ1n) is 7.82. The molecule has 2 rings (SSSR count). The van der Waals surface area contributed by atoms with Gasteiger partial charge in [-0.2, -0.15) is 0 Å². The van der Waals surface area contributed by atoms with Crippen LogP contribution in [-0.4, -0.2) is 31.5 Å². The molecule has 0 bridgehead atoms. The van der Waals surface area contributed by atoms with Crippen LogP contribution in [0.2, 0.25) is 10.0 Å². The predicted octanol–water partition coefficient (Wildman–Crippen LogP) is 4.18. The van der Waals surface area contributed by atoms with E-state index in [1.54, 1.807) is 32.0 Å². The van der Waals surface area contributed by atoms with E-state index in [0.29, 0.717) is 27.0 Å². The first-order valence-corrected chi connectivity index (χ1v) is 9.11. The molecule has 1 unspecified atom stereocenters. The fourth-order valence-corrected chi connectivity index (χ4v) is 3.61. The number of allylic oxidation sites excluding steroid dienone is 2. The van der Waals surface area contributed by atoms with Crippen LogP contribution in [0.15, 0.2) is 40.7 Å². The Morgan fingerprint density at radius 1 is 1.19 bits per heavy atom. The standard InChI is InChI=1S/C18H18Cl3NO4/c1-4-26-18(24)16-13(8-19)22-9(2)14(17(23)25-3)15(16)11-6-5-10(20)7-12(11)21/h5-7,15,22H,4,8H2,1-3H3. The molecule has 8 heteroatoms. The van der Waals surface area contributed by atoms with Crippen molar-refractivity contribution in [3.63, 3.8) is 0 Å². The van der Waals surface area contributed by atoms with E-state index in [9.17, 15) is 9.59 Å². The van der Waals surface area contributed by atoms with Crippen LogP contribution in [-0.2, 0) is 19.1 Å². The number of carbonyl (C=O) groups excluding carboxylic acids is 2. The monoisotopic (exact) mass is 417 g/mol. The molecule has 1 aliphatic rings. The predicted molar refractivity (Wildman–Crippen MR) is 101 cm³/mol. The van der Waals surface area contributed by atoms with Crippen LogP contribution in [0.5, 0.6) is 0 Å². The normalized spacial score (nSPS) is 17.1. The van der Waals surface area contributed by atoms with E-state index in [2.05, 4.69) is 5.32 Å². The molecule has 0 spiro atoms. The minimum Gasteiger partial charge on any atom is -0.466 e. The van der Waals surface area contributed by atoms with E-state index in [4.69, 9.17) is 44.3 Å². The van der Waals surface area contributed by atoms with E-state index in [1.165, 1.54) is 7.11 Å². The van der Waals surface area contributed by atoms with Crippen LogP contribution in [0.1, 0.15) is 25.3 Å². The second kappa shape index (κ2) is 8.80. The lowest BCUT2D eigenvalue weighted by molar-refractivity contribution is -0.139. The fourth-order valence-electron chi connectivity index (χ4n) is 2.88. The van der Waals surface area contributed by atoms with E-state index in [0.717, 1.165) is 0 Å². The van der Waals surface area contributed by atoms with Crippen LogP contribution < -0.4 is 5.32 Å². The number of ether oxygens (including phenoxy) is 2. The molecule has 5 nitrogen and oxygen atoms in total. The third-order valence-corrected chi connectivity index (χ3v) is 4.78. The Bertz CT molecular complexity index is 802. The van der Waals surface area contributed by atoms with Gasteiger partial charge in [-0.1, -0.05) is 29.3 Å². The van der Waals surface area contributed by atoms with Gasteiger partial charge in [-0.3, -0.25) is 0 Å². The Morgan fingerprint density at radius 3 is 2.42 bits per heavy atom. The van der Waals surface area contributed by atoms with Crippen molar-refractivity contribution in [2.24, 2.45) is 0 Å². The van der Waals surface area contributed by atoms with Crippen molar-refractivity contribution >= 4 is 46.7 Å². The van der Waals surface area contributed by atoms with Crippen molar-refractivity contribution in [2.45, 2.75) is 19.8 Å². The number of nitrogens with one attached hydrogen (secondary N) is 1. The third-order valence-electron chi connectivity index (χ3n) is 3.95. The van der Waals surface area contributed by atoms with Gasteiger partial charge in [0.05, 0.1) is 36.7 Å². The molecule has 26 heavy (non-hydrogen) atoms. The molecular weight excluding hydrogens is 401 g/mol. The van der Waals surface area contributed by atoms with Gasteiger partial charge in [0.15, 0.2) is 0 Å². The molecule has 0 saturated carbocycles. The maximum Gasteiger partial charge on any atom is 0.336 e. The molecule has 0 saturated heterocycles. The summed E-state index contributed by atoms with van der Waals surface area (Å²) in [7, 11) is 1.27. The summed E-state index contributed by atoms with van der Waals surface area (Å²) in [6.07, 6.45) is 0. The molecule has 1 aromatic rings. The second-order valence-electron chi connectivity index (χ2n) is 5.50. The van der Waals surface area contributed by atoms with Gasteiger partial charge in [-0.05, 0) is 31.5 Å². The highest BCUT2D eigenvalue weighted by Gasteiger charge is 2.39. The van der Waals surface area contributed by atoms with Gasteiger partial charge in [0.2, 0.25) is 0 Å². The van der Waals surface area contributed by atoms with Gasteiger partial charge in [0.25, 0.3) is 0 Å². The Labute approximate surface area is 166 Å². The summed E-state index contributed by atoms with van der Waals surface area (Å²) >= 11 is 18.4. The van der Waals surface area contributed by atoms with Crippen molar-refractivity contribution in [2.75, 3.05) is 19.6 Å². The molecule has 0 radical (unpaired) electrons. The fraction of sp³-hybridized carbons (Fsp3) is 0.333. The minimum absolute atomic E-state index is 0.0294. The van der Waals surface area contributed by atoms with E-state index >= 15 is 0 Å². The Balaban J connectivity index is 2.76. The summed E-state index contributed by atoms with van der Waals surface area (Å²) < 4.78 is 10.1. The number of hydrogen-bond acceptors (Lipinski definition) is 5. The number of halogens is 3. The molecule has 1 N–H and O–H groups in total. The number of rotatable bonds is 5. The third kappa shape index (κ3) is 4.00. The summed E-state index contributed by atoms with van der Waals surface area (Å²) in [5.41, 5.74) is 1.98. The Hall–Kier alpha value is -1.69. The highest BCUT2D eigenvalue weighted by Crippen LogP contribution is 2.42. The first kappa shape index (κ1) is 20.6. The Kier molecular flexibility index (Phi) is 6.98. The smallest absolute Gasteiger partial charge is 0.336 e. The molecule has 0 fully saturated rings. The molecule has 0 aliphatic carbocycles. The number of carbonyl (C=O) groups is 2. The van der Waals surface area contributed by atoms with Gasteiger partial charge >= 0.3 is 11.9 Å². The van der Waals surface area contributed by atoms with Crippen molar-refractivity contribution in [3.05, 3.63) is 56.3 Å². The van der Waals surface area contributed by atoms with E-state index < -0.39 is 17.9 Å². The zero-order chi connectivity index (χ0) is 19.4. The average molecular weight is 419 g/mol. The van der Waals surface area contributed by atoms with Gasteiger partial charge in [-0.25, -0.2) is 9.59 Å². The zero-order valence-electron chi connectivity index (χ0n) is 14.5. The maximum absolute atomic E-state index is 12.7. The first-order chi connectivity index (χ1) is 12.3. The second-order valence-corrected chi connectivity index (χ2v) is 6.61. The molecule has 0 amide bonds. The summed E-state index contributed by atoms with van der Waals surface area (Å²) in [5, 5.41) is 3.76. The highest BCUT2D eigenvalue weighted by atomic mass is 35.5. The number of esters is 2. The maximum atomic E-state index is 12.7. The molecule has 140 valence electrons. The number of benzene rings is 1. The van der Waals surface area contributed by atoms with Gasteiger partial charge < -0.3 is 14.8 Å². The van der Waals surface area contributed by atoms with Gasteiger partial charge in [-0.15, -0.1) is 11.6 Å². The quantitative estimate of drug-likeness (QED) is 0.574. The lowest BCUT2D eigenvalue weighted by Gasteiger charge is -2.31. The van der Waals surface area contributed by atoms with Crippen molar-refractivity contribution in [3.8, 4) is 0 Å². The van der Waals surface area contributed by atoms with Crippen LogP contribution in [0.3, 0.4) is 0 Å². The number of alkyl halides is 1. The minimum atomic E-state index is -0.790. The largest absolute Gasteiger partial charge is 0.466 e. The van der Waals surface area contributed by atoms with Crippen molar-refractivity contribution < 1.29 is 19.1 Å². The van der Waals surface area contributed by atoms with Crippen LogP contribution in [0, 0.1) is 0 Å². The zero-order valence-corrected chi connectivity index (χ0v) is 16.8. The van der Waals surface area contributed by atoms with Gasteiger partial charge in [0, 0.05) is 21.4 Å². The van der Waals surface area contributed by atoms with Crippen LogP contribution in [0.25, 0.3) is 0 Å². The molecule has 1 aliphatic heterocycles.